The third-order valence-electron chi connectivity index (χ3n) is 7.19. The van der Waals surface area contributed by atoms with E-state index in [1.165, 1.54) is 0 Å². The fourth-order valence-electron chi connectivity index (χ4n) is 5.37. The predicted molar refractivity (Wildman–Crippen MR) is 190 cm³/mol. The van der Waals surface area contributed by atoms with Gasteiger partial charge in [-0.2, -0.15) is 0 Å². The number of fused-ring (bicyclic) bond motifs is 12. The van der Waals surface area contributed by atoms with E-state index in [1.807, 2.05) is 87.9 Å². The molecule has 0 amide bonds. The Labute approximate surface area is 313 Å². The summed E-state index contributed by atoms with van der Waals surface area (Å²) < 4.78 is 11.8. The Kier molecular flexibility index (Phi) is 14.4. The number of hydrogen-bond donors (Lipinski definition) is 0. The van der Waals surface area contributed by atoms with Crippen LogP contribution in [0.4, 0.5) is 0 Å². The van der Waals surface area contributed by atoms with E-state index in [0.29, 0.717) is 0 Å². The normalized spacial score (nSPS) is 9.89. The van der Waals surface area contributed by atoms with Crippen molar-refractivity contribution >= 4 is 34.7 Å². The standard InChI is InChI=1S/2C14H9N7.Cu.2NO3.4H2O/c2*1-3-15-4-2-10(1)11-9-18-14-20-7-5-16-12(20)19-8-6-17-13(19)21(11)14;;2*2-1(3)4;;;;/h2*1-9H;;;;4*1H2/q;;+2;2*-1;;;;/p+2. The van der Waals surface area contributed by atoms with Crippen LogP contribution in [0.25, 0.3) is 57.2 Å². The zero-order valence-electron chi connectivity index (χ0n) is 27.5. The molecule has 0 unspecified atom stereocenters. The van der Waals surface area contributed by atoms with Gasteiger partial charge in [-0.15, -0.1) is 0 Å². The molecule has 10 aromatic heterocycles. The Balaban J connectivity index is 0.000000296. The summed E-state index contributed by atoms with van der Waals surface area (Å²) in [7, 11) is 0. The van der Waals surface area contributed by atoms with Crippen LogP contribution in [-0.2, 0) is 28.0 Å². The van der Waals surface area contributed by atoms with Crippen LogP contribution in [0.5, 0.6) is 0 Å². The van der Waals surface area contributed by atoms with E-state index in [-0.39, 0.29) is 39.0 Å². The average molecular weight is 812 g/mol. The first kappa shape index (κ1) is 43.5. The Morgan fingerprint density at radius 1 is 0.436 bits per heavy atom. The molecule has 0 bridgehead atoms. The van der Waals surface area contributed by atoms with E-state index >= 15 is 0 Å². The summed E-state index contributed by atoms with van der Waals surface area (Å²) in [6, 6.07) is 7.84. The molecule has 0 aliphatic rings. The number of imidazole rings is 6. The zero-order valence-corrected chi connectivity index (χ0v) is 28.4. The summed E-state index contributed by atoms with van der Waals surface area (Å²) in [5.41, 5.74) is 4.03. The van der Waals surface area contributed by atoms with Gasteiger partial charge in [0.15, 0.2) is 0 Å². The molecular weight excluding hydrogens is 784 g/mol. The second-order valence-corrected chi connectivity index (χ2v) is 9.87. The first-order valence-corrected chi connectivity index (χ1v) is 14.1. The van der Waals surface area contributed by atoms with Crippen molar-refractivity contribution in [3.63, 3.8) is 0 Å². The quantitative estimate of drug-likeness (QED) is 0.0911. The van der Waals surface area contributed by atoms with Gasteiger partial charge in [-0.25, -0.2) is 38.7 Å². The molecule has 27 heteroatoms. The monoisotopic (exact) mass is 811 g/mol. The maximum Gasteiger partial charge on any atom is 2.00 e. The molecule has 10 rings (SSSR count). The molecule has 26 nitrogen and oxygen atoms in total. The third kappa shape index (κ3) is 8.05. The number of nitrogens with zero attached hydrogens (tertiary/aromatic N) is 16. The Hall–Kier alpha value is -7.68. The number of hydrogen-bond acceptors (Lipinski definition) is 14. The van der Waals surface area contributed by atoms with E-state index in [4.69, 9.17) is 30.6 Å². The largest absolute Gasteiger partial charge is 2.00 e. The minimum atomic E-state index is -1.75. The Bertz CT molecular complexity index is 2520. The van der Waals surface area contributed by atoms with E-state index in [1.54, 1.807) is 49.6 Å². The smallest absolute Gasteiger partial charge is 0.457 e. The number of pyridine rings is 2. The van der Waals surface area contributed by atoms with Crippen LogP contribution >= 0.6 is 0 Å². The second-order valence-electron chi connectivity index (χ2n) is 9.87. The fourth-order valence-corrected chi connectivity index (χ4v) is 5.37. The van der Waals surface area contributed by atoms with Crippen LogP contribution in [0.2, 0.25) is 0 Å². The van der Waals surface area contributed by atoms with Crippen molar-refractivity contribution in [1.82, 2.24) is 66.3 Å². The first-order valence-electron chi connectivity index (χ1n) is 14.1. The van der Waals surface area contributed by atoms with Crippen molar-refractivity contribution in [3.05, 3.63) is 142 Å². The van der Waals surface area contributed by atoms with Gasteiger partial charge in [0.1, 0.15) is 0 Å². The van der Waals surface area contributed by atoms with Gasteiger partial charge in [-0.05, 0) is 24.3 Å². The summed E-state index contributed by atoms with van der Waals surface area (Å²) >= 11 is 0. The molecule has 289 valence electrons. The third-order valence-corrected chi connectivity index (χ3v) is 7.19. The summed E-state index contributed by atoms with van der Waals surface area (Å²) in [6.07, 6.45) is 25.4. The van der Waals surface area contributed by atoms with Gasteiger partial charge in [-0.1, -0.05) is 0 Å². The number of rotatable bonds is 2. The van der Waals surface area contributed by atoms with Crippen LogP contribution in [-0.4, -0.2) is 87.4 Å². The molecule has 10 aromatic rings. The average Bonchev–Trinajstić information content (AvgIpc) is 3.95. The van der Waals surface area contributed by atoms with Gasteiger partial charge in [0, 0.05) is 85.5 Å². The van der Waals surface area contributed by atoms with Gasteiger partial charge in [0.05, 0.1) is 34.0 Å². The zero-order chi connectivity index (χ0) is 34.8. The summed E-state index contributed by atoms with van der Waals surface area (Å²) in [4.78, 5) is 51.4. The Morgan fingerprint density at radius 3 is 0.982 bits per heavy atom. The van der Waals surface area contributed by atoms with Crippen LogP contribution in [0.15, 0.2) is 111 Å². The molecule has 0 atom stereocenters. The maximum absolute atomic E-state index is 8.25. The fraction of sp³-hybridized carbons (Fsp3) is 0. The van der Waals surface area contributed by atoms with Crippen LogP contribution < -0.4 is 0 Å². The molecule has 0 aromatic carbocycles. The summed E-state index contributed by atoms with van der Waals surface area (Å²) in [6.45, 7) is 0. The van der Waals surface area contributed by atoms with Gasteiger partial charge >= 0.3 is 17.1 Å². The SMILES string of the molecule is O.O.O=[N+]([O-])[O-].O=[N+]([O-])[O-].[Cu+2].[OH3+].[OH3+].c1cc(-c2cnc3n4ccnc4n4ccnc4n23)ccn1.c1cc(-c2cnc3n4ccnc4n4ccnc4n23)ccn1. The summed E-state index contributed by atoms with van der Waals surface area (Å²) in [5.74, 6) is 4.73. The van der Waals surface area contributed by atoms with Crippen molar-refractivity contribution in [3.8, 4) is 22.5 Å². The Morgan fingerprint density at radius 2 is 0.691 bits per heavy atom. The number of aromatic nitrogens is 14. The van der Waals surface area contributed by atoms with E-state index in [2.05, 4.69) is 39.9 Å². The van der Waals surface area contributed by atoms with Crippen LogP contribution in [0.3, 0.4) is 0 Å². The van der Waals surface area contributed by atoms with Crippen molar-refractivity contribution in [2.75, 3.05) is 0 Å². The minimum Gasteiger partial charge on any atom is -0.457 e. The molecule has 1 radical (unpaired) electrons. The molecule has 0 spiro atoms. The van der Waals surface area contributed by atoms with E-state index in [0.717, 1.165) is 57.2 Å². The van der Waals surface area contributed by atoms with Crippen LogP contribution in [0, 0.1) is 30.6 Å². The van der Waals surface area contributed by atoms with Crippen molar-refractivity contribution in [1.29, 1.82) is 0 Å². The molecule has 0 saturated heterocycles. The molecule has 10 N–H and O–H groups in total. The maximum atomic E-state index is 8.25. The van der Waals surface area contributed by atoms with E-state index < -0.39 is 10.2 Å². The molecule has 0 aliphatic carbocycles. The van der Waals surface area contributed by atoms with Crippen molar-refractivity contribution in [2.45, 2.75) is 0 Å². The molecule has 0 saturated carbocycles. The predicted octanol–water partition coefficient (Wildman–Crippen LogP) is -0.590. The second kappa shape index (κ2) is 18.2. The van der Waals surface area contributed by atoms with Gasteiger partial charge < -0.3 is 52.5 Å². The molecular formula is C28H28CuN16O10+2. The minimum absolute atomic E-state index is 0. The van der Waals surface area contributed by atoms with E-state index in [9.17, 15) is 0 Å². The summed E-state index contributed by atoms with van der Waals surface area (Å²) in [5, 5.41) is 29.5. The molecule has 0 fully saturated rings. The topological polar surface area (TPSA) is 391 Å². The van der Waals surface area contributed by atoms with Crippen molar-refractivity contribution < 1.29 is 49.1 Å². The first-order chi connectivity index (χ1) is 24.3. The van der Waals surface area contributed by atoms with Crippen LogP contribution in [0.1, 0.15) is 0 Å². The molecule has 10 heterocycles. The van der Waals surface area contributed by atoms with Gasteiger partial charge in [-0.3, -0.25) is 27.6 Å². The van der Waals surface area contributed by atoms with Gasteiger partial charge in [0.2, 0.25) is 34.7 Å². The molecule has 0 aliphatic heterocycles. The van der Waals surface area contributed by atoms with Gasteiger partial charge in [0.25, 0.3) is 0 Å². The molecule has 55 heavy (non-hydrogen) atoms. The van der Waals surface area contributed by atoms with Crippen molar-refractivity contribution in [2.24, 2.45) is 0 Å².